The summed E-state index contributed by atoms with van der Waals surface area (Å²) in [5.41, 5.74) is 1.34. The van der Waals surface area contributed by atoms with Gasteiger partial charge in [0.05, 0.1) is 12.5 Å². The Balaban J connectivity index is 1.75. The Bertz CT molecular complexity index is 855. The first kappa shape index (κ1) is 13.8. The summed E-state index contributed by atoms with van der Waals surface area (Å²) in [6.07, 6.45) is 3.49. The molecule has 1 aromatic carbocycles. The van der Waals surface area contributed by atoms with Crippen LogP contribution in [-0.4, -0.2) is 15.7 Å². The predicted octanol–water partition coefficient (Wildman–Crippen LogP) is 3.14. The minimum absolute atomic E-state index is 0.146. The molecule has 1 aliphatic rings. The molecule has 1 atom stereocenters. The fraction of sp³-hybridized carbons (Fsp3) is 0.176. The fourth-order valence-electron chi connectivity index (χ4n) is 2.98. The second kappa shape index (κ2) is 5.39. The van der Waals surface area contributed by atoms with Gasteiger partial charge in [-0.1, -0.05) is 18.2 Å². The average molecular weight is 311 g/mol. The summed E-state index contributed by atoms with van der Waals surface area (Å²) in [6, 6.07) is 10.2. The number of carbonyl (C=O) groups is 1. The van der Waals surface area contributed by atoms with Gasteiger partial charge in [-0.2, -0.15) is 5.10 Å². The van der Waals surface area contributed by atoms with E-state index in [1.807, 2.05) is 6.07 Å². The number of hydrogen-bond acceptors (Lipinski definition) is 3. The SMILES string of the molecule is O=C1CC(c2ccccc2F)c2cnn(Cc3ccco3)c2N1. The number of nitrogens with one attached hydrogen (secondary N) is 1. The van der Waals surface area contributed by atoms with Gasteiger partial charge in [-0.25, -0.2) is 9.07 Å². The molecule has 23 heavy (non-hydrogen) atoms. The third kappa shape index (κ3) is 2.42. The second-order valence-corrected chi connectivity index (χ2v) is 5.51. The lowest BCUT2D eigenvalue weighted by molar-refractivity contribution is -0.116. The number of anilines is 1. The van der Waals surface area contributed by atoms with E-state index < -0.39 is 0 Å². The molecule has 1 unspecified atom stereocenters. The van der Waals surface area contributed by atoms with Crippen molar-refractivity contribution in [2.45, 2.75) is 18.9 Å². The molecule has 0 saturated heterocycles. The molecule has 1 N–H and O–H groups in total. The summed E-state index contributed by atoms with van der Waals surface area (Å²) in [4.78, 5) is 12.1. The highest BCUT2D eigenvalue weighted by molar-refractivity contribution is 5.94. The van der Waals surface area contributed by atoms with Gasteiger partial charge in [0.25, 0.3) is 0 Å². The monoisotopic (exact) mass is 311 g/mol. The Morgan fingerprint density at radius 3 is 2.91 bits per heavy atom. The predicted molar refractivity (Wildman–Crippen MR) is 81.5 cm³/mol. The molecule has 0 spiro atoms. The maximum Gasteiger partial charge on any atom is 0.226 e. The third-order valence-electron chi connectivity index (χ3n) is 4.06. The van der Waals surface area contributed by atoms with Crippen molar-refractivity contribution in [1.82, 2.24) is 9.78 Å². The molecule has 0 aliphatic carbocycles. The maximum atomic E-state index is 14.1. The minimum atomic E-state index is -0.328. The van der Waals surface area contributed by atoms with E-state index in [0.29, 0.717) is 17.9 Å². The second-order valence-electron chi connectivity index (χ2n) is 5.51. The van der Waals surface area contributed by atoms with Gasteiger partial charge in [-0.3, -0.25) is 4.79 Å². The van der Waals surface area contributed by atoms with Crippen LogP contribution in [0, 0.1) is 5.82 Å². The number of benzene rings is 1. The fourth-order valence-corrected chi connectivity index (χ4v) is 2.98. The maximum absolute atomic E-state index is 14.1. The van der Waals surface area contributed by atoms with E-state index in [2.05, 4.69) is 10.4 Å². The van der Waals surface area contributed by atoms with Gasteiger partial charge < -0.3 is 9.73 Å². The highest BCUT2D eigenvalue weighted by Crippen LogP contribution is 2.38. The Labute approximate surface area is 131 Å². The van der Waals surface area contributed by atoms with Crippen molar-refractivity contribution in [1.29, 1.82) is 0 Å². The first-order chi connectivity index (χ1) is 11.2. The number of rotatable bonds is 3. The van der Waals surface area contributed by atoms with Gasteiger partial charge in [0, 0.05) is 17.9 Å². The number of aromatic nitrogens is 2. The average Bonchev–Trinajstić information content (AvgIpc) is 3.18. The van der Waals surface area contributed by atoms with Crippen molar-refractivity contribution in [3.63, 3.8) is 0 Å². The molecule has 116 valence electrons. The summed E-state index contributed by atoms with van der Waals surface area (Å²) >= 11 is 0. The number of halogens is 1. The van der Waals surface area contributed by atoms with Gasteiger partial charge in [0.15, 0.2) is 0 Å². The van der Waals surface area contributed by atoms with Crippen molar-refractivity contribution in [2.75, 3.05) is 5.32 Å². The van der Waals surface area contributed by atoms with E-state index in [1.165, 1.54) is 6.07 Å². The normalized spacial score (nSPS) is 16.9. The molecule has 5 nitrogen and oxygen atoms in total. The molecule has 1 aliphatic heterocycles. The third-order valence-corrected chi connectivity index (χ3v) is 4.06. The summed E-state index contributed by atoms with van der Waals surface area (Å²) < 4.78 is 21.1. The van der Waals surface area contributed by atoms with Crippen molar-refractivity contribution in [2.24, 2.45) is 0 Å². The van der Waals surface area contributed by atoms with E-state index in [0.717, 1.165) is 11.3 Å². The van der Waals surface area contributed by atoms with E-state index in [9.17, 15) is 9.18 Å². The Kier molecular flexibility index (Phi) is 3.22. The van der Waals surface area contributed by atoms with Crippen molar-refractivity contribution in [3.8, 4) is 0 Å². The molecule has 0 radical (unpaired) electrons. The van der Waals surface area contributed by atoms with Crippen molar-refractivity contribution >= 4 is 11.7 Å². The minimum Gasteiger partial charge on any atom is -0.467 e. The van der Waals surface area contributed by atoms with Crippen LogP contribution in [0.1, 0.15) is 29.2 Å². The van der Waals surface area contributed by atoms with Crippen LogP contribution in [0.3, 0.4) is 0 Å². The lowest BCUT2D eigenvalue weighted by Crippen LogP contribution is -2.25. The van der Waals surface area contributed by atoms with Crippen LogP contribution in [0.4, 0.5) is 10.2 Å². The number of fused-ring (bicyclic) bond motifs is 1. The molecule has 1 amide bonds. The zero-order valence-electron chi connectivity index (χ0n) is 12.2. The van der Waals surface area contributed by atoms with Crippen LogP contribution < -0.4 is 5.32 Å². The van der Waals surface area contributed by atoms with Gasteiger partial charge in [0.1, 0.15) is 23.9 Å². The highest BCUT2D eigenvalue weighted by Gasteiger charge is 2.31. The van der Waals surface area contributed by atoms with Gasteiger partial charge in [-0.15, -0.1) is 0 Å². The van der Waals surface area contributed by atoms with Gasteiger partial charge in [0.2, 0.25) is 5.91 Å². The van der Waals surface area contributed by atoms with E-state index in [4.69, 9.17) is 4.42 Å². The molecule has 3 aromatic rings. The van der Waals surface area contributed by atoms with Crippen LogP contribution in [-0.2, 0) is 11.3 Å². The standard InChI is InChI=1S/C17H14FN3O2/c18-15-6-2-1-5-12(15)13-8-16(22)20-17-14(13)9-19-21(17)10-11-4-3-7-23-11/h1-7,9,13H,8,10H2,(H,20,22). The molecular formula is C17H14FN3O2. The van der Waals surface area contributed by atoms with E-state index in [-0.39, 0.29) is 24.1 Å². The smallest absolute Gasteiger partial charge is 0.226 e. The van der Waals surface area contributed by atoms with Gasteiger partial charge in [-0.05, 0) is 23.8 Å². The molecule has 0 bridgehead atoms. The summed E-state index contributed by atoms with van der Waals surface area (Å²) in [5.74, 6) is 0.554. The number of nitrogens with zero attached hydrogens (tertiary/aromatic N) is 2. The Morgan fingerprint density at radius 1 is 1.26 bits per heavy atom. The zero-order chi connectivity index (χ0) is 15.8. The number of furan rings is 1. The van der Waals surface area contributed by atoms with Crippen LogP contribution in [0.5, 0.6) is 0 Å². The molecule has 2 aromatic heterocycles. The lowest BCUT2D eigenvalue weighted by atomic mass is 9.87. The van der Waals surface area contributed by atoms with Crippen molar-refractivity contribution in [3.05, 3.63) is 71.6 Å². The zero-order valence-corrected chi connectivity index (χ0v) is 12.2. The van der Waals surface area contributed by atoms with E-state index >= 15 is 0 Å². The lowest BCUT2D eigenvalue weighted by Gasteiger charge is -2.24. The number of amides is 1. The number of hydrogen-bond donors (Lipinski definition) is 1. The molecular weight excluding hydrogens is 297 g/mol. The Morgan fingerprint density at radius 2 is 2.13 bits per heavy atom. The van der Waals surface area contributed by atoms with E-state index in [1.54, 1.807) is 41.4 Å². The molecule has 3 heterocycles. The van der Waals surface area contributed by atoms with Crippen LogP contribution in [0.15, 0.2) is 53.3 Å². The topological polar surface area (TPSA) is 60.1 Å². The molecule has 0 fully saturated rings. The van der Waals surface area contributed by atoms with Crippen LogP contribution >= 0.6 is 0 Å². The molecule has 0 saturated carbocycles. The molecule has 6 heteroatoms. The summed E-state index contributed by atoms with van der Waals surface area (Å²) in [7, 11) is 0. The first-order valence-corrected chi connectivity index (χ1v) is 7.35. The van der Waals surface area contributed by atoms with Gasteiger partial charge >= 0.3 is 0 Å². The van der Waals surface area contributed by atoms with Crippen molar-refractivity contribution < 1.29 is 13.6 Å². The quantitative estimate of drug-likeness (QED) is 0.808. The Hall–Kier alpha value is -2.89. The van der Waals surface area contributed by atoms with Crippen LogP contribution in [0.25, 0.3) is 0 Å². The summed E-state index contributed by atoms with van der Waals surface area (Å²) in [6.45, 7) is 0.409. The van der Waals surface area contributed by atoms with Crippen LogP contribution in [0.2, 0.25) is 0 Å². The highest BCUT2D eigenvalue weighted by atomic mass is 19.1. The largest absolute Gasteiger partial charge is 0.467 e. The number of carbonyl (C=O) groups excluding carboxylic acids is 1. The first-order valence-electron chi connectivity index (χ1n) is 7.35. The summed E-state index contributed by atoms with van der Waals surface area (Å²) in [5, 5.41) is 7.17. The molecule has 4 rings (SSSR count).